The molecule has 0 saturated heterocycles. The number of methoxy groups -OCH3 is 2. The molecule has 2 N–H and O–H groups in total. The van der Waals surface area contributed by atoms with Gasteiger partial charge in [0, 0.05) is 22.9 Å². The molecule has 2 atom stereocenters. The molecule has 0 radical (unpaired) electrons. The van der Waals surface area contributed by atoms with Gasteiger partial charge in [-0.2, -0.15) is 0 Å². The third-order valence-electron chi connectivity index (χ3n) is 6.30. The van der Waals surface area contributed by atoms with E-state index < -0.39 is 0 Å². The summed E-state index contributed by atoms with van der Waals surface area (Å²) in [6.45, 7) is 1.25. The van der Waals surface area contributed by atoms with Crippen LogP contribution in [0.5, 0.6) is 11.5 Å². The molecule has 184 valence electrons. The SMILES string of the molecule is COc1cc(SC)ccc1C(=O)NC[C@H]1CCC[C@H](CNC(=O)c2ccc(SC)cc2OC)C1. The van der Waals surface area contributed by atoms with Crippen molar-refractivity contribution < 1.29 is 19.1 Å². The first-order valence-corrected chi connectivity index (χ1v) is 13.9. The van der Waals surface area contributed by atoms with Crippen LogP contribution < -0.4 is 20.1 Å². The maximum Gasteiger partial charge on any atom is 0.255 e. The van der Waals surface area contributed by atoms with Crippen LogP contribution in [0.15, 0.2) is 46.2 Å². The van der Waals surface area contributed by atoms with E-state index in [2.05, 4.69) is 10.6 Å². The Bertz CT molecular complexity index is 921. The van der Waals surface area contributed by atoms with Crippen molar-refractivity contribution in [2.75, 3.05) is 39.8 Å². The molecule has 0 aromatic heterocycles. The van der Waals surface area contributed by atoms with Gasteiger partial charge in [0.15, 0.2) is 0 Å². The summed E-state index contributed by atoms with van der Waals surface area (Å²) in [6, 6.07) is 11.3. The van der Waals surface area contributed by atoms with Crippen LogP contribution in [0.1, 0.15) is 46.4 Å². The van der Waals surface area contributed by atoms with Gasteiger partial charge in [-0.15, -0.1) is 23.5 Å². The van der Waals surface area contributed by atoms with Crippen LogP contribution >= 0.6 is 23.5 Å². The number of nitrogens with one attached hydrogen (secondary N) is 2. The van der Waals surface area contributed by atoms with E-state index in [4.69, 9.17) is 9.47 Å². The molecular weight excluding hydrogens is 468 g/mol. The Labute approximate surface area is 210 Å². The molecule has 2 aromatic rings. The zero-order valence-corrected chi connectivity index (χ0v) is 21.9. The predicted octanol–water partition coefficient (Wildman–Crippen LogP) is 5.11. The van der Waals surface area contributed by atoms with Gasteiger partial charge in [-0.3, -0.25) is 9.59 Å². The second-order valence-electron chi connectivity index (χ2n) is 8.45. The molecule has 0 spiro atoms. The van der Waals surface area contributed by atoms with E-state index in [0.29, 0.717) is 47.6 Å². The van der Waals surface area contributed by atoms with E-state index >= 15 is 0 Å². The minimum Gasteiger partial charge on any atom is -0.496 e. The lowest BCUT2D eigenvalue weighted by Crippen LogP contribution is -2.35. The Hall–Kier alpha value is -2.32. The number of hydrogen-bond acceptors (Lipinski definition) is 6. The standard InChI is InChI=1S/C26H34N2O4S2/c1-31-23-13-19(33-3)8-10-21(23)25(29)27-15-17-6-5-7-18(12-17)16-28-26(30)22-11-9-20(34-4)14-24(22)32-2/h8-11,13-14,17-18H,5-7,12,15-16H2,1-4H3,(H,27,29)(H,28,30)/t17-,18-/m0/s1. The zero-order valence-electron chi connectivity index (χ0n) is 20.3. The van der Waals surface area contributed by atoms with Gasteiger partial charge >= 0.3 is 0 Å². The molecule has 6 nitrogen and oxygen atoms in total. The van der Waals surface area contributed by atoms with Gasteiger partial charge in [0.25, 0.3) is 11.8 Å². The van der Waals surface area contributed by atoms with Crippen molar-refractivity contribution in [3.05, 3.63) is 47.5 Å². The van der Waals surface area contributed by atoms with Crippen molar-refractivity contribution in [3.63, 3.8) is 0 Å². The molecule has 1 fully saturated rings. The number of hydrogen-bond donors (Lipinski definition) is 2. The fourth-order valence-corrected chi connectivity index (χ4v) is 5.27. The Morgan fingerprint density at radius 2 is 1.26 bits per heavy atom. The predicted molar refractivity (Wildman–Crippen MR) is 140 cm³/mol. The zero-order chi connectivity index (χ0) is 24.5. The van der Waals surface area contributed by atoms with Gasteiger partial charge in [0.2, 0.25) is 0 Å². The van der Waals surface area contributed by atoms with Crippen LogP contribution in [0.4, 0.5) is 0 Å². The maximum absolute atomic E-state index is 12.8. The number of carbonyl (C=O) groups is 2. The lowest BCUT2D eigenvalue weighted by molar-refractivity contribution is 0.0932. The van der Waals surface area contributed by atoms with Crippen molar-refractivity contribution in [1.29, 1.82) is 0 Å². The lowest BCUT2D eigenvalue weighted by atomic mass is 9.81. The van der Waals surface area contributed by atoms with E-state index in [9.17, 15) is 9.59 Å². The summed E-state index contributed by atoms with van der Waals surface area (Å²) in [5.41, 5.74) is 1.11. The average Bonchev–Trinajstić information content (AvgIpc) is 2.89. The fraction of sp³-hybridized carbons (Fsp3) is 0.462. The van der Waals surface area contributed by atoms with E-state index in [1.807, 2.05) is 48.9 Å². The van der Waals surface area contributed by atoms with Crippen LogP contribution in [0.3, 0.4) is 0 Å². The highest BCUT2D eigenvalue weighted by Gasteiger charge is 2.24. The third-order valence-corrected chi connectivity index (χ3v) is 7.75. The summed E-state index contributed by atoms with van der Waals surface area (Å²) in [7, 11) is 3.17. The molecule has 0 bridgehead atoms. The Morgan fingerprint density at radius 3 is 1.65 bits per heavy atom. The fourth-order valence-electron chi connectivity index (χ4n) is 4.41. The van der Waals surface area contributed by atoms with Gasteiger partial charge in [-0.1, -0.05) is 6.42 Å². The second kappa shape index (κ2) is 13.0. The molecule has 3 rings (SSSR count). The van der Waals surface area contributed by atoms with Crippen molar-refractivity contribution in [1.82, 2.24) is 10.6 Å². The van der Waals surface area contributed by atoms with E-state index in [1.54, 1.807) is 37.7 Å². The molecule has 2 aromatic carbocycles. The Kier molecular flexibility index (Phi) is 10.0. The number of rotatable bonds is 10. The van der Waals surface area contributed by atoms with Crippen LogP contribution in [-0.2, 0) is 0 Å². The molecule has 34 heavy (non-hydrogen) atoms. The second-order valence-corrected chi connectivity index (χ2v) is 10.2. The molecule has 0 heterocycles. The maximum atomic E-state index is 12.8. The van der Waals surface area contributed by atoms with Crippen LogP contribution in [0.2, 0.25) is 0 Å². The van der Waals surface area contributed by atoms with Gasteiger partial charge in [0.05, 0.1) is 25.3 Å². The average molecular weight is 503 g/mol. The summed E-state index contributed by atoms with van der Waals surface area (Å²) >= 11 is 3.23. The Balaban J connectivity index is 1.51. The number of benzene rings is 2. The largest absolute Gasteiger partial charge is 0.496 e. The number of ether oxygens (including phenoxy) is 2. The first-order valence-electron chi connectivity index (χ1n) is 11.5. The summed E-state index contributed by atoms with van der Waals surface area (Å²) in [5, 5.41) is 6.17. The molecule has 1 aliphatic carbocycles. The van der Waals surface area contributed by atoms with Gasteiger partial charge in [-0.25, -0.2) is 0 Å². The van der Waals surface area contributed by atoms with Crippen molar-refractivity contribution in [3.8, 4) is 11.5 Å². The third kappa shape index (κ3) is 6.85. The van der Waals surface area contributed by atoms with E-state index in [1.165, 1.54) is 0 Å². The van der Waals surface area contributed by atoms with E-state index in [-0.39, 0.29) is 11.8 Å². The number of carbonyl (C=O) groups excluding carboxylic acids is 2. The first-order chi connectivity index (χ1) is 16.5. The van der Waals surface area contributed by atoms with E-state index in [0.717, 1.165) is 35.5 Å². The monoisotopic (exact) mass is 502 g/mol. The summed E-state index contributed by atoms with van der Waals surface area (Å²) in [6.07, 6.45) is 8.22. The minimum atomic E-state index is -0.110. The van der Waals surface area contributed by atoms with Crippen molar-refractivity contribution in [2.45, 2.75) is 35.5 Å². The normalized spacial score (nSPS) is 17.6. The summed E-state index contributed by atoms with van der Waals surface area (Å²) < 4.78 is 10.8. The smallest absolute Gasteiger partial charge is 0.255 e. The van der Waals surface area contributed by atoms with Gasteiger partial charge < -0.3 is 20.1 Å². The highest BCUT2D eigenvalue weighted by molar-refractivity contribution is 7.98. The number of thioether (sulfide) groups is 2. The van der Waals surface area contributed by atoms with Gasteiger partial charge in [-0.05, 0) is 80.0 Å². The molecule has 1 saturated carbocycles. The molecule has 0 aliphatic heterocycles. The van der Waals surface area contributed by atoms with Crippen molar-refractivity contribution >= 4 is 35.3 Å². The summed E-state index contributed by atoms with van der Waals surface area (Å²) in [4.78, 5) is 27.6. The minimum absolute atomic E-state index is 0.110. The summed E-state index contributed by atoms with van der Waals surface area (Å²) in [5.74, 6) is 1.75. The molecular formula is C26H34N2O4S2. The molecule has 0 unspecified atom stereocenters. The Morgan fingerprint density at radius 1 is 0.824 bits per heavy atom. The highest BCUT2D eigenvalue weighted by Crippen LogP contribution is 2.30. The molecule has 8 heteroatoms. The highest BCUT2D eigenvalue weighted by atomic mass is 32.2. The van der Waals surface area contributed by atoms with Crippen LogP contribution in [-0.4, -0.2) is 51.6 Å². The first kappa shape index (κ1) is 26.3. The topological polar surface area (TPSA) is 76.7 Å². The van der Waals surface area contributed by atoms with Crippen LogP contribution in [0.25, 0.3) is 0 Å². The molecule has 1 aliphatic rings. The van der Waals surface area contributed by atoms with Crippen molar-refractivity contribution in [2.24, 2.45) is 11.8 Å². The number of amides is 2. The quantitative estimate of drug-likeness (QED) is 0.440. The van der Waals surface area contributed by atoms with Crippen LogP contribution in [0, 0.1) is 11.8 Å². The van der Waals surface area contributed by atoms with Gasteiger partial charge in [0.1, 0.15) is 11.5 Å². The molecule has 2 amide bonds. The lowest BCUT2D eigenvalue weighted by Gasteiger charge is -2.29.